The van der Waals surface area contributed by atoms with Crippen LogP contribution in [-0.2, 0) is 11.2 Å². The van der Waals surface area contributed by atoms with Crippen molar-refractivity contribution in [3.8, 4) is 5.69 Å². The van der Waals surface area contributed by atoms with E-state index in [1.807, 2.05) is 37.3 Å². The van der Waals surface area contributed by atoms with Crippen LogP contribution in [-0.4, -0.2) is 26.6 Å². The molecule has 0 fully saturated rings. The zero-order valence-electron chi connectivity index (χ0n) is 16.2. The van der Waals surface area contributed by atoms with Gasteiger partial charge in [-0.1, -0.05) is 35.9 Å². The molecule has 7 nitrogen and oxygen atoms in total. The summed E-state index contributed by atoms with van der Waals surface area (Å²) in [5, 5.41) is 12.3. The second kappa shape index (κ2) is 8.71. The Hall–Kier alpha value is -3.78. The first-order valence-electron chi connectivity index (χ1n) is 9.28. The zero-order chi connectivity index (χ0) is 20.9. The number of carbonyl (C=O) groups is 2. The molecule has 0 radical (unpaired) electrons. The maximum atomic E-state index is 12.4. The Morgan fingerprint density at radius 1 is 1.10 bits per heavy atom. The van der Waals surface area contributed by atoms with Crippen molar-refractivity contribution >= 4 is 34.0 Å². The van der Waals surface area contributed by atoms with E-state index in [0.29, 0.717) is 28.5 Å². The Morgan fingerprint density at radius 3 is 2.77 bits per heavy atom. The Morgan fingerprint density at radius 2 is 1.97 bits per heavy atom. The van der Waals surface area contributed by atoms with Crippen LogP contribution in [0.4, 0.5) is 10.8 Å². The molecule has 0 unspecified atom stereocenters. The van der Waals surface area contributed by atoms with Gasteiger partial charge in [0, 0.05) is 17.1 Å². The fourth-order valence-electron chi connectivity index (χ4n) is 2.99. The number of anilines is 2. The normalized spacial score (nSPS) is 10.6. The quantitative estimate of drug-likeness (QED) is 0.495. The Labute approximate surface area is 177 Å². The van der Waals surface area contributed by atoms with E-state index >= 15 is 0 Å². The number of aryl methyl sites for hydroxylation is 1. The molecule has 4 aromatic rings. The van der Waals surface area contributed by atoms with E-state index in [-0.39, 0.29) is 11.8 Å². The van der Waals surface area contributed by atoms with Gasteiger partial charge in [0.2, 0.25) is 5.91 Å². The summed E-state index contributed by atoms with van der Waals surface area (Å²) in [6.07, 6.45) is 5.22. The molecule has 0 saturated carbocycles. The highest BCUT2D eigenvalue weighted by Gasteiger charge is 2.11. The van der Waals surface area contributed by atoms with Gasteiger partial charge in [-0.3, -0.25) is 14.9 Å². The lowest BCUT2D eigenvalue weighted by atomic mass is 10.1. The average molecular weight is 417 g/mol. The van der Waals surface area contributed by atoms with Crippen molar-refractivity contribution in [3.63, 3.8) is 0 Å². The van der Waals surface area contributed by atoms with Crippen LogP contribution < -0.4 is 10.6 Å². The topological polar surface area (TPSA) is 88.9 Å². The van der Waals surface area contributed by atoms with Crippen molar-refractivity contribution in [1.29, 1.82) is 0 Å². The molecule has 2 aromatic carbocycles. The van der Waals surface area contributed by atoms with E-state index in [0.717, 1.165) is 11.1 Å². The third kappa shape index (κ3) is 4.79. The van der Waals surface area contributed by atoms with Gasteiger partial charge in [-0.15, -0.1) is 11.3 Å². The van der Waals surface area contributed by atoms with E-state index in [4.69, 9.17) is 0 Å². The van der Waals surface area contributed by atoms with Crippen LogP contribution in [0.25, 0.3) is 5.69 Å². The molecule has 0 bridgehead atoms. The summed E-state index contributed by atoms with van der Waals surface area (Å²) < 4.78 is 1.61. The van der Waals surface area contributed by atoms with Crippen LogP contribution >= 0.6 is 11.3 Å². The first kappa shape index (κ1) is 19.5. The van der Waals surface area contributed by atoms with E-state index in [1.165, 1.54) is 11.3 Å². The smallest absolute Gasteiger partial charge is 0.257 e. The lowest BCUT2D eigenvalue weighted by Crippen LogP contribution is -2.14. The Kier molecular flexibility index (Phi) is 5.67. The maximum Gasteiger partial charge on any atom is 0.257 e. The summed E-state index contributed by atoms with van der Waals surface area (Å²) in [5.74, 6) is -0.359. The summed E-state index contributed by atoms with van der Waals surface area (Å²) in [5.41, 5.74) is 3.86. The summed E-state index contributed by atoms with van der Waals surface area (Å²) in [6, 6.07) is 14.9. The minimum absolute atomic E-state index is 0.114. The number of aromatic nitrogens is 3. The third-order valence-corrected chi connectivity index (χ3v) is 5.03. The third-order valence-electron chi connectivity index (χ3n) is 4.34. The van der Waals surface area contributed by atoms with E-state index in [2.05, 4.69) is 20.7 Å². The highest BCUT2D eigenvalue weighted by atomic mass is 32.1. The van der Waals surface area contributed by atoms with Gasteiger partial charge in [-0.25, -0.2) is 9.67 Å². The van der Waals surface area contributed by atoms with Gasteiger partial charge in [-0.2, -0.15) is 5.10 Å². The molecule has 30 heavy (non-hydrogen) atoms. The number of thiazole rings is 1. The molecule has 2 amide bonds. The second-order valence-corrected chi connectivity index (χ2v) is 7.62. The van der Waals surface area contributed by atoms with E-state index in [9.17, 15) is 9.59 Å². The molecule has 0 atom stereocenters. The molecule has 2 aromatic heterocycles. The van der Waals surface area contributed by atoms with Crippen LogP contribution in [0.2, 0.25) is 0 Å². The maximum absolute atomic E-state index is 12.4. The number of hydrogen-bond donors (Lipinski definition) is 2. The lowest BCUT2D eigenvalue weighted by molar-refractivity contribution is -0.115. The number of hydrogen-bond acceptors (Lipinski definition) is 5. The predicted molar refractivity (Wildman–Crippen MR) is 117 cm³/mol. The molecule has 150 valence electrons. The van der Waals surface area contributed by atoms with Crippen LogP contribution in [0, 0.1) is 6.92 Å². The van der Waals surface area contributed by atoms with Crippen molar-refractivity contribution in [2.45, 2.75) is 13.3 Å². The van der Waals surface area contributed by atoms with E-state index < -0.39 is 0 Å². The Balaban J connectivity index is 1.43. The molecule has 8 heteroatoms. The average Bonchev–Trinajstić information content (AvgIpc) is 3.40. The van der Waals surface area contributed by atoms with Gasteiger partial charge in [0.15, 0.2) is 5.13 Å². The van der Waals surface area contributed by atoms with E-state index in [1.54, 1.807) is 46.9 Å². The van der Waals surface area contributed by atoms with Gasteiger partial charge in [-0.05, 0) is 30.7 Å². The fraction of sp³-hybridized carbons (Fsp3) is 0.0909. The summed E-state index contributed by atoms with van der Waals surface area (Å²) >= 11 is 1.36. The minimum atomic E-state index is -0.245. The zero-order valence-corrected chi connectivity index (χ0v) is 17.0. The highest BCUT2D eigenvalue weighted by molar-refractivity contribution is 7.13. The molecule has 2 N–H and O–H groups in total. The van der Waals surface area contributed by atoms with Gasteiger partial charge in [0.25, 0.3) is 5.91 Å². The number of nitrogens with zero attached hydrogens (tertiary/aromatic N) is 3. The lowest BCUT2D eigenvalue weighted by Gasteiger charge is -2.06. The molecular weight excluding hydrogens is 398 g/mol. The standard InChI is InChI=1S/C22H19N5O2S/c1-15-4-2-5-16(10-15)11-20(28)25-18-13-24-27(14-18)19-7-3-6-17(12-19)21(29)26-22-23-8-9-30-22/h2-10,12-14H,11H2,1H3,(H,25,28)(H,23,26,29). The first-order valence-corrected chi connectivity index (χ1v) is 10.2. The van der Waals surface area contributed by atoms with Gasteiger partial charge in [0.1, 0.15) is 0 Å². The van der Waals surface area contributed by atoms with Crippen LogP contribution in [0.1, 0.15) is 21.5 Å². The van der Waals surface area contributed by atoms with Gasteiger partial charge >= 0.3 is 0 Å². The number of carbonyl (C=O) groups excluding carboxylic acids is 2. The van der Waals surface area contributed by atoms with Crippen molar-refractivity contribution in [1.82, 2.24) is 14.8 Å². The van der Waals surface area contributed by atoms with Crippen molar-refractivity contribution in [3.05, 3.63) is 89.2 Å². The van der Waals surface area contributed by atoms with Crippen LogP contribution in [0.15, 0.2) is 72.5 Å². The monoisotopic (exact) mass is 417 g/mol. The molecule has 0 aliphatic heterocycles. The molecule has 0 aliphatic rings. The molecule has 4 rings (SSSR count). The van der Waals surface area contributed by atoms with Crippen LogP contribution in [0.5, 0.6) is 0 Å². The molecule has 2 heterocycles. The number of amides is 2. The van der Waals surface area contributed by atoms with Crippen molar-refractivity contribution < 1.29 is 9.59 Å². The fourth-order valence-corrected chi connectivity index (χ4v) is 3.51. The largest absolute Gasteiger partial charge is 0.323 e. The number of benzene rings is 2. The summed E-state index contributed by atoms with van der Waals surface area (Å²) in [6.45, 7) is 2.00. The highest BCUT2D eigenvalue weighted by Crippen LogP contribution is 2.16. The van der Waals surface area contributed by atoms with Crippen molar-refractivity contribution in [2.24, 2.45) is 0 Å². The van der Waals surface area contributed by atoms with Gasteiger partial charge < -0.3 is 5.32 Å². The minimum Gasteiger partial charge on any atom is -0.323 e. The molecule has 0 saturated heterocycles. The summed E-state index contributed by atoms with van der Waals surface area (Å²) in [7, 11) is 0. The number of rotatable bonds is 6. The molecular formula is C22H19N5O2S. The number of nitrogens with one attached hydrogen (secondary N) is 2. The molecule has 0 aliphatic carbocycles. The SMILES string of the molecule is Cc1cccc(CC(=O)Nc2cnn(-c3cccc(C(=O)Nc4nccs4)c3)c2)c1. The predicted octanol–water partition coefficient (Wildman–Crippen LogP) is 4.07. The van der Waals surface area contributed by atoms with Gasteiger partial charge in [0.05, 0.1) is 30.2 Å². The summed E-state index contributed by atoms with van der Waals surface area (Å²) in [4.78, 5) is 28.8. The second-order valence-electron chi connectivity index (χ2n) is 6.73. The van der Waals surface area contributed by atoms with Crippen molar-refractivity contribution in [2.75, 3.05) is 10.6 Å². The van der Waals surface area contributed by atoms with Crippen LogP contribution in [0.3, 0.4) is 0 Å². The Bertz CT molecular complexity index is 1180. The molecule has 0 spiro atoms. The first-order chi connectivity index (χ1) is 14.6.